The van der Waals surface area contributed by atoms with Gasteiger partial charge in [0.25, 0.3) is 5.56 Å². The third kappa shape index (κ3) is 6.42. The number of nitriles is 1. The molecule has 0 aliphatic carbocycles. The average Bonchev–Trinajstić information content (AvgIpc) is 3.36. The van der Waals surface area contributed by atoms with E-state index in [1.807, 2.05) is 18.2 Å². The number of aromatic nitrogens is 1. The number of allylic oxidation sites excluding steroid dienone is 1. The molecule has 2 heterocycles. The molecule has 0 saturated heterocycles. The van der Waals surface area contributed by atoms with Crippen LogP contribution in [0.2, 0.25) is 0 Å². The second-order valence-corrected chi connectivity index (χ2v) is 11.9. The maximum absolute atomic E-state index is 14.1. The molecule has 10 nitrogen and oxygen atoms in total. The van der Waals surface area contributed by atoms with Gasteiger partial charge in [0.1, 0.15) is 24.1 Å². The van der Waals surface area contributed by atoms with Crippen LogP contribution in [0.15, 0.2) is 80.1 Å². The molecular weight excluding hydrogens is 674 g/mol. The quantitative estimate of drug-likeness (QED) is 0.211. The molecule has 0 N–H and O–H groups in total. The Balaban J connectivity index is 1.59. The van der Waals surface area contributed by atoms with E-state index in [1.165, 1.54) is 30.1 Å². The van der Waals surface area contributed by atoms with Gasteiger partial charge < -0.3 is 23.7 Å². The Morgan fingerprint density at radius 2 is 1.80 bits per heavy atom. The van der Waals surface area contributed by atoms with Gasteiger partial charge in [0.2, 0.25) is 0 Å². The van der Waals surface area contributed by atoms with Gasteiger partial charge in [-0.15, -0.1) is 0 Å². The van der Waals surface area contributed by atoms with Gasteiger partial charge >= 0.3 is 5.97 Å². The fraction of sp³-hybridized carbons (Fsp3) is 0.235. The van der Waals surface area contributed by atoms with Gasteiger partial charge in [-0.3, -0.25) is 9.36 Å². The largest absolute Gasteiger partial charge is 0.497 e. The number of nitrogens with zero attached hydrogens (tertiary/aromatic N) is 3. The first-order chi connectivity index (χ1) is 22.2. The van der Waals surface area contributed by atoms with E-state index in [1.54, 1.807) is 63.4 Å². The smallest absolute Gasteiger partial charge is 0.338 e. The molecule has 0 spiro atoms. The summed E-state index contributed by atoms with van der Waals surface area (Å²) in [4.78, 5) is 32.5. The molecule has 0 saturated carbocycles. The van der Waals surface area contributed by atoms with Crippen LogP contribution in [-0.4, -0.2) is 38.5 Å². The van der Waals surface area contributed by atoms with Crippen molar-refractivity contribution in [3.8, 4) is 29.1 Å². The molecule has 3 aromatic carbocycles. The minimum Gasteiger partial charge on any atom is -0.497 e. The number of benzene rings is 3. The molecule has 1 aromatic heterocycles. The van der Waals surface area contributed by atoms with Crippen molar-refractivity contribution in [2.24, 2.45) is 4.99 Å². The molecule has 46 heavy (non-hydrogen) atoms. The highest BCUT2D eigenvalue weighted by Gasteiger charge is 2.35. The Labute approximate surface area is 277 Å². The SMILES string of the molecule is CCOC(=O)C1=C(C)N=c2s/c(=C/c3cc(Br)c(OCc4ccc(C#N)cc4)c(OC)c3)c(=O)n2[C@H]1c1ccc(OC)cc1OC. The van der Waals surface area contributed by atoms with Crippen molar-refractivity contribution < 1.29 is 28.5 Å². The summed E-state index contributed by atoms with van der Waals surface area (Å²) in [5.41, 5.74) is 3.08. The zero-order chi connectivity index (χ0) is 33.0. The Hall–Kier alpha value is -4.86. The number of halogens is 1. The average molecular weight is 705 g/mol. The lowest BCUT2D eigenvalue weighted by Crippen LogP contribution is -2.40. The first kappa shape index (κ1) is 32.5. The van der Waals surface area contributed by atoms with Gasteiger partial charge in [-0.1, -0.05) is 23.5 Å². The van der Waals surface area contributed by atoms with E-state index in [-0.39, 0.29) is 24.3 Å². The van der Waals surface area contributed by atoms with Crippen LogP contribution >= 0.6 is 27.3 Å². The fourth-order valence-electron chi connectivity index (χ4n) is 5.08. The topological polar surface area (TPSA) is 121 Å². The molecule has 4 aromatic rings. The number of thiazole rings is 1. The minimum absolute atomic E-state index is 0.163. The summed E-state index contributed by atoms with van der Waals surface area (Å²) in [6.45, 7) is 3.87. The molecule has 0 radical (unpaired) electrons. The summed E-state index contributed by atoms with van der Waals surface area (Å²) in [7, 11) is 4.61. The molecule has 0 unspecified atom stereocenters. The number of carbonyl (C=O) groups excluding carboxylic acids is 1. The van der Waals surface area contributed by atoms with Crippen molar-refractivity contribution in [2.75, 3.05) is 27.9 Å². The molecule has 12 heteroatoms. The summed E-state index contributed by atoms with van der Waals surface area (Å²) >= 11 is 4.80. The Bertz CT molecular complexity index is 2060. The first-order valence-corrected chi connectivity index (χ1v) is 15.7. The van der Waals surface area contributed by atoms with Crippen molar-refractivity contribution in [2.45, 2.75) is 26.5 Å². The summed E-state index contributed by atoms with van der Waals surface area (Å²) in [5.74, 6) is 1.40. The highest BCUT2D eigenvalue weighted by Crippen LogP contribution is 2.39. The lowest BCUT2D eigenvalue weighted by atomic mass is 9.95. The van der Waals surface area contributed by atoms with Gasteiger partial charge in [-0.25, -0.2) is 9.79 Å². The second-order valence-electron chi connectivity index (χ2n) is 10.0. The summed E-state index contributed by atoms with van der Waals surface area (Å²) in [6.07, 6.45) is 1.74. The third-order valence-corrected chi connectivity index (χ3v) is 8.84. The summed E-state index contributed by atoms with van der Waals surface area (Å²) < 4.78 is 30.7. The van der Waals surface area contributed by atoms with E-state index in [9.17, 15) is 9.59 Å². The zero-order valence-electron chi connectivity index (χ0n) is 25.8. The summed E-state index contributed by atoms with van der Waals surface area (Å²) in [6, 6.07) is 17.2. The van der Waals surface area contributed by atoms with Crippen LogP contribution in [0.3, 0.4) is 0 Å². The zero-order valence-corrected chi connectivity index (χ0v) is 28.2. The summed E-state index contributed by atoms with van der Waals surface area (Å²) in [5, 5.41) is 9.04. The van der Waals surface area contributed by atoms with Crippen LogP contribution in [0.1, 0.15) is 42.1 Å². The standard InChI is InChI=1S/C34H30BrN3O7S/c1-6-44-33(40)29-19(2)37-34-38(30(29)24-12-11-23(41-3)16-26(24)42-4)32(39)28(46-34)15-22-13-25(35)31(27(14-22)43-5)45-18-21-9-7-20(17-36)8-10-21/h7-16,30H,6,18H2,1-5H3/b28-15+/t30-/m0/s1. The molecular formula is C34H30BrN3O7S. The second kappa shape index (κ2) is 14.1. The maximum atomic E-state index is 14.1. The minimum atomic E-state index is -0.849. The van der Waals surface area contributed by atoms with Crippen molar-refractivity contribution in [3.63, 3.8) is 0 Å². The van der Waals surface area contributed by atoms with E-state index in [0.717, 1.165) is 5.56 Å². The van der Waals surface area contributed by atoms with E-state index in [4.69, 9.17) is 28.9 Å². The number of hydrogen-bond acceptors (Lipinski definition) is 10. The fourth-order valence-corrected chi connectivity index (χ4v) is 6.70. The van der Waals surface area contributed by atoms with E-state index < -0.39 is 12.0 Å². The van der Waals surface area contributed by atoms with Gasteiger partial charge in [0.15, 0.2) is 16.3 Å². The Kier molecular flexibility index (Phi) is 9.94. The molecule has 5 rings (SSSR count). The number of fused-ring (bicyclic) bond motifs is 1. The number of rotatable bonds is 10. The molecule has 1 aliphatic heterocycles. The number of ether oxygens (including phenoxy) is 5. The molecule has 1 aliphatic rings. The molecule has 0 amide bonds. The predicted octanol–water partition coefficient (Wildman–Crippen LogP) is 5.04. The predicted molar refractivity (Wildman–Crippen MR) is 176 cm³/mol. The van der Waals surface area contributed by atoms with Crippen LogP contribution in [0.4, 0.5) is 0 Å². The van der Waals surface area contributed by atoms with Gasteiger partial charge in [-0.2, -0.15) is 5.26 Å². The molecule has 236 valence electrons. The highest BCUT2D eigenvalue weighted by molar-refractivity contribution is 9.10. The van der Waals surface area contributed by atoms with Crippen molar-refractivity contribution in [3.05, 3.63) is 112 Å². The Morgan fingerprint density at radius 3 is 2.46 bits per heavy atom. The normalized spacial score (nSPS) is 14.2. The van der Waals surface area contributed by atoms with Crippen LogP contribution in [0.5, 0.6) is 23.0 Å². The molecule has 0 fully saturated rings. The third-order valence-electron chi connectivity index (χ3n) is 7.27. The maximum Gasteiger partial charge on any atom is 0.338 e. The number of carbonyl (C=O) groups is 1. The van der Waals surface area contributed by atoms with Crippen molar-refractivity contribution >= 4 is 39.3 Å². The lowest BCUT2D eigenvalue weighted by Gasteiger charge is -2.26. The van der Waals surface area contributed by atoms with E-state index >= 15 is 0 Å². The van der Waals surface area contributed by atoms with E-state index in [2.05, 4.69) is 27.0 Å². The Morgan fingerprint density at radius 1 is 1.07 bits per heavy atom. The van der Waals surface area contributed by atoms with E-state index in [0.29, 0.717) is 59.2 Å². The van der Waals surface area contributed by atoms with Gasteiger partial charge in [0.05, 0.1) is 59.8 Å². The van der Waals surface area contributed by atoms with Crippen LogP contribution < -0.4 is 33.8 Å². The molecule has 0 bridgehead atoms. The van der Waals surface area contributed by atoms with Gasteiger partial charge in [0, 0.05) is 11.6 Å². The van der Waals surface area contributed by atoms with Gasteiger partial charge in [-0.05, 0) is 83.4 Å². The van der Waals surface area contributed by atoms with Crippen molar-refractivity contribution in [1.82, 2.24) is 4.57 Å². The van der Waals surface area contributed by atoms with Crippen LogP contribution in [0.25, 0.3) is 6.08 Å². The lowest BCUT2D eigenvalue weighted by molar-refractivity contribution is -0.139. The number of esters is 1. The molecule has 1 atom stereocenters. The van der Waals surface area contributed by atoms with Crippen LogP contribution in [0, 0.1) is 11.3 Å². The highest BCUT2D eigenvalue weighted by atomic mass is 79.9. The first-order valence-electron chi connectivity index (χ1n) is 14.1. The van der Waals surface area contributed by atoms with Crippen LogP contribution in [-0.2, 0) is 16.1 Å². The van der Waals surface area contributed by atoms with Crippen molar-refractivity contribution in [1.29, 1.82) is 5.26 Å². The number of methoxy groups -OCH3 is 3. The monoisotopic (exact) mass is 703 g/mol. The number of hydrogen-bond donors (Lipinski definition) is 0.